The molecule has 1 atom stereocenters. The molecule has 48 heavy (non-hydrogen) atoms. The zero-order valence-corrected chi connectivity index (χ0v) is 27.7. The van der Waals surface area contributed by atoms with Gasteiger partial charge < -0.3 is 18.9 Å². The number of ether oxygens (including phenoxy) is 4. The fourth-order valence-electron chi connectivity index (χ4n) is 6.46. The van der Waals surface area contributed by atoms with Gasteiger partial charge in [-0.05, 0) is 101 Å². The molecule has 1 unspecified atom stereocenters. The molecule has 5 aromatic rings. The maximum atomic E-state index is 12.4. The summed E-state index contributed by atoms with van der Waals surface area (Å²) in [6.45, 7) is 7.18. The summed E-state index contributed by atoms with van der Waals surface area (Å²) in [6.07, 6.45) is 0.919. The van der Waals surface area contributed by atoms with Crippen LogP contribution in [0.3, 0.4) is 0 Å². The van der Waals surface area contributed by atoms with Crippen LogP contribution >= 0.6 is 0 Å². The summed E-state index contributed by atoms with van der Waals surface area (Å²) < 4.78 is 23.4. The van der Waals surface area contributed by atoms with Gasteiger partial charge in [0.1, 0.15) is 24.7 Å². The summed E-state index contributed by atoms with van der Waals surface area (Å²) >= 11 is 0. The summed E-state index contributed by atoms with van der Waals surface area (Å²) in [5.74, 6) is 0.951. The van der Waals surface area contributed by atoms with Crippen molar-refractivity contribution in [3.63, 3.8) is 0 Å². The van der Waals surface area contributed by atoms with E-state index in [1.54, 1.807) is 12.1 Å². The van der Waals surface area contributed by atoms with Gasteiger partial charge >= 0.3 is 11.9 Å². The largest absolute Gasteiger partial charge is 0.493 e. The van der Waals surface area contributed by atoms with Crippen LogP contribution in [0.2, 0.25) is 0 Å². The predicted molar refractivity (Wildman–Crippen MR) is 188 cm³/mol. The lowest BCUT2D eigenvalue weighted by atomic mass is 9.92. The van der Waals surface area contributed by atoms with Crippen LogP contribution in [0.15, 0.2) is 109 Å². The van der Waals surface area contributed by atoms with Gasteiger partial charge in [0.2, 0.25) is 0 Å². The molecule has 1 aliphatic rings. The Morgan fingerprint density at radius 2 is 1.35 bits per heavy atom. The molecule has 0 saturated heterocycles. The SMILES string of the molecule is CCOC(=O)CC1c2ccccc2-c2cc(OCCc3cc(-c4ccccc4)c(C)c(C)c3OCCOC(=O)c3ccccc3)ccc21. The number of carbonyl (C=O) groups excluding carboxylic acids is 2. The molecule has 244 valence electrons. The molecule has 0 aromatic heterocycles. The summed E-state index contributed by atoms with van der Waals surface area (Å²) in [6, 6.07) is 35.8. The number of benzene rings is 5. The number of fused-ring (bicyclic) bond motifs is 3. The van der Waals surface area contributed by atoms with Crippen molar-refractivity contribution < 1.29 is 28.5 Å². The first kappa shape index (κ1) is 32.6. The van der Waals surface area contributed by atoms with Gasteiger partial charge in [-0.2, -0.15) is 0 Å². The molecule has 6 heteroatoms. The Balaban J connectivity index is 1.19. The third kappa shape index (κ3) is 7.13. The second kappa shape index (κ2) is 15.0. The second-order valence-electron chi connectivity index (χ2n) is 11.9. The Morgan fingerprint density at radius 1 is 0.646 bits per heavy atom. The zero-order chi connectivity index (χ0) is 33.5. The van der Waals surface area contributed by atoms with Crippen LogP contribution < -0.4 is 9.47 Å². The standard InChI is InChI=1S/C42H40O6/c1-4-45-40(43)27-39-35-18-12-11-17-34(35)38-26-33(19-20-36(38)39)46-22-21-32-25-37(30-13-7-5-8-14-30)28(2)29(3)41(32)47-23-24-48-42(44)31-15-9-6-10-16-31/h5-20,25-26,39H,4,21-24,27H2,1-3H3. The lowest BCUT2D eigenvalue weighted by molar-refractivity contribution is -0.143. The third-order valence-corrected chi connectivity index (χ3v) is 8.92. The van der Waals surface area contributed by atoms with Gasteiger partial charge in [0, 0.05) is 12.3 Å². The summed E-state index contributed by atoms with van der Waals surface area (Å²) in [5.41, 5.74) is 10.5. The fourth-order valence-corrected chi connectivity index (χ4v) is 6.46. The molecule has 0 fully saturated rings. The van der Waals surface area contributed by atoms with Gasteiger partial charge in [-0.3, -0.25) is 4.79 Å². The van der Waals surface area contributed by atoms with E-state index in [-0.39, 0.29) is 31.1 Å². The molecule has 0 N–H and O–H groups in total. The van der Waals surface area contributed by atoms with E-state index in [1.807, 2.05) is 61.5 Å². The van der Waals surface area contributed by atoms with Crippen molar-refractivity contribution in [2.45, 2.75) is 39.5 Å². The molecule has 0 saturated carbocycles. The highest BCUT2D eigenvalue weighted by molar-refractivity contribution is 5.89. The monoisotopic (exact) mass is 640 g/mol. The van der Waals surface area contributed by atoms with Gasteiger partial charge in [0.25, 0.3) is 0 Å². The number of carbonyl (C=O) groups is 2. The van der Waals surface area contributed by atoms with E-state index in [4.69, 9.17) is 18.9 Å². The van der Waals surface area contributed by atoms with Crippen LogP contribution in [-0.2, 0) is 20.7 Å². The Morgan fingerprint density at radius 3 is 2.12 bits per heavy atom. The molecule has 0 bridgehead atoms. The van der Waals surface area contributed by atoms with E-state index < -0.39 is 0 Å². The summed E-state index contributed by atoms with van der Waals surface area (Å²) in [4.78, 5) is 24.9. The highest BCUT2D eigenvalue weighted by Crippen LogP contribution is 2.47. The minimum absolute atomic E-state index is 0.0390. The molecule has 6 nitrogen and oxygen atoms in total. The first-order chi connectivity index (χ1) is 23.4. The molecule has 0 radical (unpaired) electrons. The number of rotatable bonds is 13. The van der Waals surface area contributed by atoms with E-state index in [0.29, 0.717) is 31.6 Å². The van der Waals surface area contributed by atoms with Crippen LogP contribution in [0.4, 0.5) is 0 Å². The van der Waals surface area contributed by atoms with E-state index >= 15 is 0 Å². The smallest absolute Gasteiger partial charge is 0.338 e. The molecule has 1 aliphatic carbocycles. The zero-order valence-electron chi connectivity index (χ0n) is 27.7. The van der Waals surface area contributed by atoms with Crippen molar-refractivity contribution in [1.82, 2.24) is 0 Å². The highest BCUT2D eigenvalue weighted by atomic mass is 16.6. The minimum atomic E-state index is -0.371. The normalized spacial score (nSPS) is 12.9. The molecule has 6 rings (SSSR count). The van der Waals surface area contributed by atoms with Crippen molar-refractivity contribution in [1.29, 1.82) is 0 Å². The van der Waals surface area contributed by atoms with E-state index in [9.17, 15) is 9.59 Å². The highest BCUT2D eigenvalue weighted by Gasteiger charge is 2.31. The van der Waals surface area contributed by atoms with Crippen molar-refractivity contribution in [2.24, 2.45) is 0 Å². The van der Waals surface area contributed by atoms with Crippen molar-refractivity contribution in [3.05, 3.63) is 143 Å². The lowest BCUT2D eigenvalue weighted by Crippen LogP contribution is -2.14. The third-order valence-electron chi connectivity index (χ3n) is 8.92. The average Bonchev–Trinajstić information content (AvgIpc) is 3.42. The van der Waals surface area contributed by atoms with Gasteiger partial charge in [-0.1, -0.05) is 78.9 Å². The molecule has 0 spiro atoms. The Bertz CT molecular complexity index is 1900. The number of hydrogen-bond acceptors (Lipinski definition) is 6. The molecule has 0 heterocycles. The topological polar surface area (TPSA) is 71.1 Å². The fraction of sp³-hybridized carbons (Fsp3) is 0.238. The van der Waals surface area contributed by atoms with Gasteiger partial charge in [-0.25, -0.2) is 4.79 Å². The van der Waals surface area contributed by atoms with E-state index in [1.165, 1.54) is 0 Å². The van der Waals surface area contributed by atoms with Crippen LogP contribution in [0.5, 0.6) is 11.5 Å². The number of esters is 2. The summed E-state index contributed by atoms with van der Waals surface area (Å²) in [5, 5.41) is 0. The first-order valence-electron chi connectivity index (χ1n) is 16.5. The molecular formula is C42H40O6. The van der Waals surface area contributed by atoms with Gasteiger partial charge in [0.15, 0.2) is 0 Å². The quantitative estimate of drug-likeness (QED) is 0.0946. The number of hydrogen-bond donors (Lipinski definition) is 0. The first-order valence-corrected chi connectivity index (χ1v) is 16.5. The van der Waals surface area contributed by atoms with Crippen LogP contribution in [0, 0.1) is 13.8 Å². The Hall–Kier alpha value is -5.36. The molecule has 0 amide bonds. The Labute approximate surface area is 282 Å². The van der Waals surface area contributed by atoms with Crippen molar-refractivity contribution >= 4 is 11.9 Å². The molecular weight excluding hydrogens is 600 g/mol. The average molecular weight is 641 g/mol. The maximum absolute atomic E-state index is 12.4. The van der Waals surface area contributed by atoms with Crippen molar-refractivity contribution in [3.8, 4) is 33.8 Å². The lowest BCUT2D eigenvalue weighted by Gasteiger charge is -2.20. The van der Waals surface area contributed by atoms with Crippen LogP contribution in [0.25, 0.3) is 22.3 Å². The predicted octanol–water partition coefficient (Wildman–Crippen LogP) is 8.89. The van der Waals surface area contributed by atoms with E-state index in [0.717, 1.165) is 61.6 Å². The summed E-state index contributed by atoms with van der Waals surface area (Å²) in [7, 11) is 0. The van der Waals surface area contributed by atoms with Gasteiger partial charge in [0.05, 0.1) is 25.2 Å². The van der Waals surface area contributed by atoms with Crippen LogP contribution in [-0.4, -0.2) is 38.4 Å². The molecule has 0 aliphatic heterocycles. The van der Waals surface area contributed by atoms with Gasteiger partial charge in [-0.15, -0.1) is 0 Å². The minimum Gasteiger partial charge on any atom is -0.493 e. The second-order valence-corrected chi connectivity index (χ2v) is 11.9. The molecule has 5 aromatic carbocycles. The van der Waals surface area contributed by atoms with E-state index in [2.05, 4.69) is 56.3 Å². The Kier molecular flexibility index (Phi) is 10.2. The van der Waals surface area contributed by atoms with Crippen LogP contribution in [0.1, 0.15) is 57.4 Å². The maximum Gasteiger partial charge on any atom is 0.338 e. The van der Waals surface area contributed by atoms with Crippen molar-refractivity contribution in [2.75, 3.05) is 26.4 Å².